The Morgan fingerprint density at radius 3 is 3.06 bits per heavy atom. The van der Waals surface area contributed by atoms with Crippen LogP contribution in [0.15, 0.2) is 11.8 Å². The van der Waals surface area contributed by atoms with Crippen molar-refractivity contribution >= 4 is 5.97 Å². The summed E-state index contributed by atoms with van der Waals surface area (Å²) < 4.78 is 16.2. The van der Waals surface area contributed by atoms with Gasteiger partial charge in [0.1, 0.15) is 12.2 Å². The van der Waals surface area contributed by atoms with Crippen molar-refractivity contribution in [3.8, 4) is 0 Å². The van der Waals surface area contributed by atoms with Crippen molar-refractivity contribution in [2.45, 2.75) is 38.8 Å². The second kappa shape index (κ2) is 4.07. The van der Waals surface area contributed by atoms with E-state index < -0.39 is 5.79 Å². The maximum Gasteiger partial charge on any atom is 0.332 e. The molecule has 1 N–H and O–H groups in total. The van der Waals surface area contributed by atoms with Gasteiger partial charge in [0.2, 0.25) is 0 Å². The van der Waals surface area contributed by atoms with Crippen molar-refractivity contribution in [3.05, 3.63) is 11.8 Å². The van der Waals surface area contributed by atoms with Gasteiger partial charge in [-0.05, 0) is 20.8 Å². The van der Waals surface area contributed by atoms with Crippen LogP contribution in [0.3, 0.4) is 0 Å². The number of hydrogen-bond donors (Lipinski definition) is 1. The van der Waals surface area contributed by atoms with Crippen LogP contribution in [0.2, 0.25) is 0 Å². The van der Waals surface area contributed by atoms with Gasteiger partial charge in [-0.25, -0.2) is 4.79 Å². The molecule has 0 aliphatic carbocycles. The summed E-state index contributed by atoms with van der Waals surface area (Å²) in [6.45, 7) is 6.55. The van der Waals surface area contributed by atoms with Gasteiger partial charge in [0.05, 0.1) is 12.3 Å². The van der Waals surface area contributed by atoms with Crippen LogP contribution in [0.5, 0.6) is 0 Å². The third-order valence-corrected chi connectivity index (χ3v) is 2.56. The summed E-state index contributed by atoms with van der Waals surface area (Å²) in [6.07, 6.45) is 1.24. The summed E-state index contributed by atoms with van der Waals surface area (Å²) in [6, 6.07) is 0. The third-order valence-electron chi connectivity index (χ3n) is 2.56. The minimum absolute atomic E-state index is 0.0179. The number of nitrogens with one attached hydrogen (secondary N) is 1. The Labute approximate surface area is 94.7 Å². The Hall–Kier alpha value is -1.07. The molecule has 0 amide bonds. The molecule has 5 heteroatoms. The van der Waals surface area contributed by atoms with Gasteiger partial charge in [0, 0.05) is 12.6 Å². The summed E-state index contributed by atoms with van der Waals surface area (Å²) in [5, 5.41) is 3.10. The quantitative estimate of drug-likeness (QED) is 0.551. The molecule has 2 aliphatic heterocycles. The van der Waals surface area contributed by atoms with Crippen LogP contribution in [0.1, 0.15) is 20.8 Å². The number of rotatable bonds is 2. The number of hydrogen-bond acceptors (Lipinski definition) is 5. The zero-order valence-corrected chi connectivity index (χ0v) is 9.78. The maximum absolute atomic E-state index is 11.3. The van der Waals surface area contributed by atoms with E-state index in [1.807, 2.05) is 13.8 Å². The summed E-state index contributed by atoms with van der Waals surface area (Å²) >= 11 is 0. The Balaban J connectivity index is 2.06. The van der Waals surface area contributed by atoms with Gasteiger partial charge in [0.15, 0.2) is 5.79 Å². The number of ether oxygens (including phenoxy) is 3. The zero-order valence-electron chi connectivity index (χ0n) is 9.78. The summed E-state index contributed by atoms with van der Waals surface area (Å²) in [5.41, 5.74) is 0.744. The van der Waals surface area contributed by atoms with Crippen LogP contribution in [-0.2, 0) is 19.0 Å². The Kier molecular flexibility index (Phi) is 2.90. The SMILES string of the molecule is CCOC(=O)C=C1NCC2OC(C)(C)OC12. The number of esters is 1. The molecular weight excluding hydrogens is 210 g/mol. The molecule has 0 saturated carbocycles. The lowest BCUT2D eigenvalue weighted by Gasteiger charge is -2.18. The average molecular weight is 227 g/mol. The van der Waals surface area contributed by atoms with E-state index in [4.69, 9.17) is 14.2 Å². The van der Waals surface area contributed by atoms with E-state index in [1.54, 1.807) is 6.92 Å². The molecule has 0 aromatic heterocycles. The first-order valence-electron chi connectivity index (χ1n) is 5.49. The molecule has 2 saturated heterocycles. The van der Waals surface area contributed by atoms with Crippen molar-refractivity contribution in [1.82, 2.24) is 5.32 Å². The molecule has 2 rings (SSSR count). The molecule has 90 valence electrons. The van der Waals surface area contributed by atoms with E-state index in [0.717, 1.165) is 5.70 Å². The highest BCUT2D eigenvalue weighted by Gasteiger charge is 2.46. The predicted octanol–water partition coefficient (Wildman–Crippen LogP) is 0.557. The molecule has 16 heavy (non-hydrogen) atoms. The van der Waals surface area contributed by atoms with Crippen LogP contribution in [-0.4, -0.2) is 37.1 Å². The fourth-order valence-corrected chi connectivity index (χ4v) is 2.01. The highest BCUT2D eigenvalue weighted by atomic mass is 16.8. The highest BCUT2D eigenvalue weighted by molar-refractivity contribution is 5.83. The molecule has 0 spiro atoms. The molecule has 0 bridgehead atoms. The topological polar surface area (TPSA) is 56.8 Å². The second-order valence-electron chi connectivity index (χ2n) is 4.33. The standard InChI is InChI=1S/C11H17NO4/c1-4-14-9(13)5-7-10-8(6-12-7)15-11(2,3)16-10/h5,8,10,12H,4,6H2,1-3H3. The largest absolute Gasteiger partial charge is 0.463 e. The summed E-state index contributed by atoms with van der Waals surface area (Å²) in [4.78, 5) is 11.3. The monoisotopic (exact) mass is 227 g/mol. The van der Waals surface area contributed by atoms with Crippen molar-refractivity contribution in [2.24, 2.45) is 0 Å². The molecule has 0 aromatic carbocycles. The smallest absolute Gasteiger partial charge is 0.332 e. The van der Waals surface area contributed by atoms with Gasteiger partial charge in [-0.2, -0.15) is 0 Å². The van der Waals surface area contributed by atoms with Crippen molar-refractivity contribution < 1.29 is 19.0 Å². The first-order valence-corrected chi connectivity index (χ1v) is 5.49. The van der Waals surface area contributed by atoms with Crippen LogP contribution in [0, 0.1) is 0 Å². The Morgan fingerprint density at radius 2 is 2.38 bits per heavy atom. The van der Waals surface area contributed by atoms with Crippen molar-refractivity contribution in [1.29, 1.82) is 0 Å². The van der Waals surface area contributed by atoms with Gasteiger partial charge in [0.25, 0.3) is 0 Å². The van der Waals surface area contributed by atoms with Crippen LogP contribution >= 0.6 is 0 Å². The molecule has 2 heterocycles. The number of carbonyl (C=O) groups excluding carboxylic acids is 1. The van der Waals surface area contributed by atoms with Crippen molar-refractivity contribution in [3.63, 3.8) is 0 Å². The zero-order chi connectivity index (χ0) is 11.8. The Bertz CT molecular complexity index is 324. The fraction of sp³-hybridized carbons (Fsp3) is 0.727. The third kappa shape index (κ3) is 2.20. The van der Waals surface area contributed by atoms with Gasteiger partial charge >= 0.3 is 5.97 Å². The Morgan fingerprint density at radius 1 is 1.62 bits per heavy atom. The van der Waals surface area contributed by atoms with E-state index in [1.165, 1.54) is 6.08 Å². The number of carbonyl (C=O) groups is 1. The van der Waals surface area contributed by atoms with E-state index in [9.17, 15) is 4.79 Å². The first kappa shape index (κ1) is 11.4. The van der Waals surface area contributed by atoms with Gasteiger partial charge < -0.3 is 19.5 Å². The number of fused-ring (bicyclic) bond motifs is 1. The minimum Gasteiger partial charge on any atom is -0.463 e. The normalized spacial score (nSPS) is 33.6. The highest BCUT2D eigenvalue weighted by Crippen LogP contribution is 2.34. The molecule has 2 aliphatic rings. The molecular formula is C11H17NO4. The van der Waals surface area contributed by atoms with Gasteiger partial charge in [-0.3, -0.25) is 0 Å². The van der Waals surface area contributed by atoms with E-state index in [-0.39, 0.29) is 18.2 Å². The van der Waals surface area contributed by atoms with Crippen LogP contribution < -0.4 is 5.32 Å². The molecule has 5 nitrogen and oxygen atoms in total. The summed E-state index contributed by atoms with van der Waals surface area (Å²) in [5.74, 6) is -0.926. The maximum atomic E-state index is 11.3. The van der Waals surface area contributed by atoms with Crippen LogP contribution in [0.25, 0.3) is 0 Å². The molecule has 0 radical (unpaired) electrons. The average Bonchev–Trinajstić information content (AvgIpc) is 2.64. The van der Waals surface area contributed by atoms with E-state index >= 15 is 0 Å². The second-order valence-corrected chi connectivity index (χ2v) is 4.33. The summed E-state index contributed by atoms with van der Waals surface area (Å²) in [7, 11) is 0. The first-order chi connectivity index (χ1) is 7.52. The molecule has 2 atom stereocenters. The van der Waals surface area contributed by atoms with Crippen molar-refractivity contribution in [2.75, 3.05) is 13.2 Å². The fourth-order valence-electron chi connectivity index (χ4n) is 2.01. The lowest BCUT2D eigenvalue weighted by molar-refractivity contribution is -0.147. The molecule has 2 fully saturated rings. The van der Waals surface area contributed by atoms with Gasteiger partial charge in [-0.15, -0.1) is 0 Å². The predicted molar refractivity (Wildman–Crippen MR) is 56.5 cm³/mol. The molecule has 2 unspecified atom stereocenters. The lowest BCUT2D eigenvalue weighted by Crippen LogP contribution is -2.26. The lowest BCUT2D eigenvalue weighted by atomic mass is 10.2. The minimum atomic E-state index is -0.578. The van der Waals surface area contributed by atoms with E-state index in [2.05, 4.69) is 5.32 Å². The van der Waals surface area contributed by atoms with Gasteiger partial charge in [-0.1, -0.05) is 0 Å². The van der Waals surface area contributed by atoms with Crippen LogP contribution in [0.4, 0.5) is 0 Å². The van der Waals surface area contributed by atoms with E-state index in [0.29, 0.717) is 13.2 Å². The molecule has 0 aromatic rings.